The van der Waals surface area contributed by atoms with Crippen molar-refractivity contribution in [3.8, 4) is 5.75 Å². The fourth-order valence-electron chi connectivity index (χ4n) is 4.84. The monoisotopic (exact) mass is 616 g/mol. The summed E-state index contributed by atoms with van der Waals surface area (Å²) in [6.07, 6.45) is -3.40. The zero-order valence-electron chi connectivity index (χ0n) is 23.8. The van der Waals surface area contributed by atoms with Crippen molar-refractivity contribution in [3.05, 3.63) is 83.2 Å². The van der Waals surface area contributed by atoms with Crippen LogP contribution in [-0.4, -0.2) is 65.7 Å². The summed E-state index contributed by atoms with van der Waals surface area (Å²) in [5.74, 6) is -1.41. The number of carboxylic acids is 2. The smallest absolute Gasteiger partial charge is 0.416 e. The number of rotatable bonds is 7. The summed E-state index contributed by atoms with van der Waals surface area (Å²) >= 11 is 0. The maximum atomic E-state index is 14.0. The van der Waals surface area contributed by atoms with Gasteiger partial charge in [-0.25, -0.2) is 9.38 Å². The van der Waals surface area contributed by atoms with Gasteiger partial charge in [0.05, 0.1) is 36.9 Å². The summed E-state index contributed by atoms with van der Waals surface area (Å²) in [4.78, 5) is 26.0. The maximum absolute atomic E-state index is 14.0. The minimum atomic E-state index is -4.49. The molecule has 3 aromatic carbocycles. The third-order valence-electron chi connectivity index (χ3n) is 7.09. The first-order valence-corrected chi connectivity index (χ1v) is 13.8. The molecular formula is C31H32F4N4O5. The van der Waals surface area contributed by atoms with Crippen LogP contribution in [0, 0.1) is 5.82 Å². The Morgan fingerprint density at radius 1 is 1.00 bits per heavy atom. The van der Waals surface area contributed by atoms with Gasteiger partial charge in [-0.3, -0.25) is 9.59 Å². The van der Waals surface area contributed by atoms with Gasteiger partial charge in [-0.2, -0.15) is 13.2 Å². The minimum absolute atomic E-state index is 0.112. The number of fused-ring (bicyclic) bond motifs is 2. The highest BCUT2D eigenvalue weighted by Gasteiger charge is 2.33. The van der Waals surface area contributed by atoms with E-state index in [4.69, 9.17) is 19.9 Å². The van der Waals surface area contributed by atoms with Crippen LogP contribution in [-0.2, 0) is 22.2 Å². The molecule has 234 valence electrons. The molecule has 1 saturated heterocycles. The number of halogens is 4. The molecule has 13 heteroatoms. The Labute approximate surface area is 251 Å². The molecule has 0 spiro atoms. The van der Waals surface area contributed by atoms with Crippen molar-refractivity contribution in [3.63, 3.8) is 0 Å². The van der Waals surface area contributed by atoms with Gasteiger partial charge in [-0.05, 0) is 60.9 Å². The van der Waals surface area contributed by atoms with Gasteiger partial charge in [-0.15, -0.1) is 0 Å². The molecule has 9 nitrogen and oxygen atoms in total. The van der Waals surface area contributed by atoms with Crippen molar-refractivity contribution < 1.29 is 42.1 Å². The van der Waals surface area contributed by atoms with Crippen LogP contribution in [0.15, 0.2) is 65.7 Å². The zero-order chi connectivity index (χ0) is 31.9. The zero-order valence-corrected chi connectivity index (χ0v) is 23.8. The lowest BCUT2D eigenvalue weighted by atomic mass is 10.0. The minimum Gasteiger partial charge on any atom is -0.497 e. The Kier molecular flexibility index (Phi) is 10.4. The highest BCUT2D eigenvalue weighted by atomic mass is 19.4. The first-order chi connectivity index (χ1) is 20.9. The summed E-state index contributed by atoms with van der Waals surface area (Å²) in [5.41, 5.74) is 2.16. The largest absolute Gasteiger partial charge is 0.497 e. The number of carbonyl (C=O) groups is 2. The topological polar surface area (TPSA) is 123 Å². The predicted octanol–water partition coefficient (Wildman–Crippen LogP) is 5.83. The second kappa shape index (κ2) is 14.2. The second-order valence-corrected chi connectivity index (χ2v) is 10.3. The van der Waals surface area contributed by atoms with E-state index in [0.29, 0.717) is 48.1 Å². The van der Waals surface area contributed by atoms with Crippen LogP contribution in [0.5, 0.6) is 5.75 Å². The van der Waals surface area contributed by atoms with E-state index in [1.807, 2.05) is 29.2 Å². The average molecular weight is 617 g/mol. The number of aryl methyl sites for hydroxylation is 1. The molecule has 0 amide bonds. The Bertz CT molecular complexity index is 1500. The Morgan fingerprint density at radius 2 is 1.68 bits per heavy atom. The molecule has 3 aromatic rings. The molecular weight excluding hydrogens is 584 g/mol. The van der Waals surface area contributed by atoms with Crippen LogP contribution in [0.4, 0.5) is 34.6 Å². The molecule has 2 aliphatic heterocycles. The predicted molar refractivity (Wildman–Crippen MR) is 157 cm³/mol. The fourth-order valence-corrected chi connectivity index (χ4v) is 4.84. The number of amidine groups is 1. The van der Waals surface area contributed by atoms with E-state index >= 15 is 0 Å². The van der Waals surface area contributed by atoms with Crippen molar-refractivity contribution >= 4 is 34.8 Å². The van der Waals surface area contributed by atoms with Crippen molar-refractivity contribution in [1.29, 1.82) is 0 Å². The average Bonchev–Trinajstić information content (AvgIpc) is 3.15. The normalized spacial score (nSPS) is 15.8. The van der Waals surface area contributed by atoms with E-state index in [1.165, 1.54) is 23.8 Å². The summed E-state index contributed by atoms with van der Waals surface area (Å²) in [5, 5.41) is 22.4. The number of aliphatic carboxylic acids is 2. The van der Waals surface area contributed by atoms with E-state index in [-0.39, 0.29) is 18.9 Å². The molecule has 0 unspecified atom stereocenters. The first-order valence-electron chi connectivity index (χ1n) is 13.8. The third kappa shape index (κ3) is 8.69. The van der Waals surface area contributed by atoms with E-state index in [9.17, 15) is 27.2 Å². The van der Waals surface area contributed by atoms with Gasteiger partial charge in [0, 0.05) is 43.0 Å². The lowest BCUT2D eigenvalue weighted by molar-refractivity contribution is -0.143. The number of carboxylic acid groups (broad SMARTS) is 2. The summed E-state index contributed by atoms with van der Waals surface area (Å²) < 4.78 is 60.0. The van der Waals surface area contributed by atoms with E-state index in [2.05, 4.69) is 10.6 Å². The molecule has 0 aliphatic carbocycles. The van der Waals surface area contributed by atoms with Gasteiger partial charge < -0.3 is 30.5 Å². The summed E-state index contributed by atoms with van der Waals surface area (Å²) in [6.45, 7) is 1.79. The molecule has 44 heavy (non-hydrogen) atoms. The van der Waals surface area contributed by atoms with E-state index < -0.39 is 29.5 Å². The standard InChI is InChI=1S/C27H26F4N4O.C4H6O4/c1-36-21-8-3-17(4-9-21)2-7-20-16-35(13-12-32-20)26-22-14-18(27(29,30)31)5-10-23(22)33-24-11-6-19(28)15-25(24)34-26;5-3(6)1-2-4(7)8/h3-6,8-11,14-15,20,32-33H,2,7,12-13,16H2,1H3;1-2H2,(H,5,6)(H,7,8)/t20-;/m0./s1. The van der Waals surface area contributed by atoms with Crippen LogP contribution in [0.1, 0.15) is 36.0 Å². The summed E-state index contributed by atoms with van der Waals surface area (Å²) in [6, 6.07) is 15.7. The van der Waals surface area contributed by atoms with Crippen LogP contribution >= 0.6 is 0 Å². The number of piperazine rings is 1. The maximum Gasteiger partial charge on any atom is 0.416 e. The molecule has 0 saturated carbocycles. The SMILES string of the molecule is COc1ccc(CC[C@H]2CN(C3=Nc4cc(F)ccc4Nc4ccc(C(F)(F)F)cc43)CCN2)cc1.O=C(O)CCC(=O)O. The van der Waals surface area contributed by atoms with Gasteiger partial charge >= 0.3 is 18.1 Å². The number of methoxy groups -OCH3 is 1. The van der Waals surface area contributed by atoms with Crippen molar-refractivity contribution in [1.82, 2.24) is 10.2 Å². The third-order valence-corrected chi connectivity index (χ3v) is 7.09. The van der Waals surface area contributed by atoms with Crippen molar-refractivity contribution in [2.75, 3.05) is 32.1 Å². The van der Waals surface area contributed by atoms with Crippen LogP contribution in [0.2, 0.25) is 0 Å². The highest BCUT2D eigenvalue weighted by molar-refractivity contribution is 6.08. The Hall–Kier alpha value is -4.65. The highest BCUT2D eigenvalue weighted by Crippen LogP contribution is 2.38. The quantitative estimate of drug-likeness (QED) is 0.245. The van der Waals surface area contributed by atoms with Gasteiger partial charge in [0.15, 0.2) is 0 Å². The number of hydrogen-bond donors (Lipinski definition) is 4. The number of nitrogens with zero attached hydrogens (tertiary/aromatic N) is 2. The molecule has 1 atom stereocenters. The number of ether oxygens (including phenoxy) is 1. The van der Waals surface area contributed by atoms with Gasteiger partial charge in [0.1, 0.15) is 17.4 Å². The summed E-state index contributed by atoms with van der Waals surface area (Å²) in [7, 11) is 1.63. The van der Waals surface area contributed by atoms with Gasteiger partial charge in [0.25, 0.3) is 0 Å². The molecule has 1 fully saturated rings. The lowest BCUT2D eigenvalue weighted by Gasteiger charge is -2.36. The Morgan fingerprint density at radius 3 is 2.32 bits per heavy atom. The molecule has 0 bridgehead atoms. The van der Waals surface area contributed by atoms with Gasteiger partial charge in [0.2, 0.25) is 0 Å². The van der Waals surface area contributed by atoms with E-state index in [1.54, 1.807) is 13.2 Å². The first kappa shape index (κ1) is 32.3. The number of hydrogen-bond acceptors (Lipinski definition) is 7. The van der Waals surface area contributed by atoms with Crippen LogP contribution < -0.4 is 15.4 Å². The fraction of sp³-hybridized carbons (Fsp3) is 0.323. The van der Waals surface area contributed by atoms with Gasteiger partial charge in [-0.1, -0.05) is 12.1 Å². The number of aliphatic imine (C=N–C) groups is 1. The Balaban J connectivity index is 0.000000488. The van der Waals surface area contributed by atoms with Crippen LogP contribution in [0.25, 0.3) is 0 Å². The molecule has 4 N–H and O–H groups in total. The van der Waals surface area contributed by atoms with Crippen molar-refractivity contribution in [2.24, 2.45) is 4.99 Å². The number of benzene rings is 3. The van der Waals surface area contributed by atoms with Crippen molar-refractivity contribution in [2.45, 2.75) is 37.9 Å². The van der Waals surface area contributed by atoms with E-state index in [0.717, 1.165) is 30.7 Å². The number of anilines is 2. The molecule has 5 rings (SSSR count). The molecule has 0 aromatic heterocycles. The molecule has 2 heterocycles. The second-order valence-electron chi connectivity index (χ2n) is 10.3. The molecule has 2 aliphatic rings. The lowest BCUT2D eigenvalue weighted by Crippen LogP contribution is -2.53. The number of nitrogens with one attached hydrogen (secondary N) is 2. The number of alkyl halides is 3. The van der Waals surface area contributed by atoms with Crippen LogP contribution in [0.3, 0.4) is 0 Å². The molecule has 0 radical (unpaired) electrons.